The Kier molecular flexibility index (Phi) is 3.28. The van der Waals surface area contributed by atoms with Crippen molar-refractivity contribution < 1.29 is 0 Å². The van der Waals surface area contributed by atoms with Gasteiger partial charge in [0.05, 0.1) is 11.0 Å². The van der Waals surface area contributed by atoms with E-state index in [1.807, 2.05) is 6.33 Å². The Labute approximate surface area is 119 Å². The second kappa shape index (κ2) is 5.10. The number of nitrogens with two attached hydrogens (primary N) is 1. The van der Waals surface area contributed by atoms with Gasteiger partial charge in [-0.1, -0.05) is 12.1 Å². The Hall–Kier alpha value is -2.13. The van der Waals surface area contributed by atoms with Crippen molar-refractivity contribution in [3.05, 3.63) is 59.4 Å². The minimum absolute atomic E-state index is 0.686. The summed E-state index contributed by atoms with van der Waals surface area (Å²) in [5.74, 6) is 0. The lowest BCUT2D eigenvalue weighted by atomic mass is 10.1. The summed E-state index contributed by atoms with van der Waals surface area (Å²) in [4.78, 5) is 4.50. The average molecular weight is 265 g/mol. The molecule has 0 aliphatic heterocycles. The second-order valence-corrected chi connectivity index (χ2v) is 5.24. The SMILES string of the molecule is Cc1cc2ncn(-c3ccc(CCN)cc3)c2cc1C. The molecule has 0 saturated carbocycles. The zero-order valence-electron chi connectivity index (χ0n) is 11.9. The van der Waals surface area contributed by atoms with Crippen LogP contribution in [0.1, 0.15) is 16.7 Å². The van der Waals surface area contributed by atoms with Crippen LogP contribution in [0.4, 0.5) is 0 Å². The molecule has 0 spiro atoms. The monoisotopic (exact) mass is 265 g/mol. The molecule has 0 saturated heterocycles. The number of hydrogen-bond donors (Lipinski definition) is 1. The molecule has 0 unspecified atom stereocenters. The van der Waals surface area contributed by atoms with Crippen LogP contribution in [0, 0.1) is 13.8 Å². The highest BCUT2D eigenvalue weighted by molar-refractivity contribution is 5.79. The predicted octanol–water partition coefficient (Wildman–Crippen LogP) is 3.14. The molecule has 2 N–H and O–H groups in total. The molecule has 0 bridgehead atoms. The van der Waals surface area contributed by atoms with E-state index in [0.717, 1.165) is 23.1 Å². The zero-order valence-corrected chi connectivity index (χ0v) is 11.9. The molecule has 0 atom stereocenters. The van der Waals surface area contributed by atoms with Crippen molar-refractivity contribution in [2.75, 3.05) is 6.54 Å². The molecule has 2 aromatic carbocycles. The normalized spacial score (nSPS) is 11.2. The summed E-state index contributed by atoms with van der Waals surface area (Å²) in [6.07, 6.45) is 2.81. The third-order valence-corrected chi connectivity index (χ3v) is 3.81. The largest absolute Gasteiger partial charge is 0.330 e. The molecule has 0 aliphatic rings. The number of benzene rings is 2. The molecule has 0 fully saturated rings. The molecule has 3 nitrogen and oxygen atoms in total. The van der Waals surface area contributed by atoms with Gasteiger partial charge in [0.2, 0.25) is 0 Å². The van der Waals surface area contributed by atoms with E-state index in [0.29, 0.717) is 6.54 Å². The van der Waals surface area contributed by atoms with E-state index in [1.165, 1.54) is 16.7 Å². The van der Waals surface area contributed by atoms with E-state index >= 15 is 0 Å². The molecule has 1 aromatic heterocycles. The lowest BCUT2D eigenvalue weighted by molar-refractivity contribution is 0.966. The van der Waals surface area contributed by atoms with Gasteiger partial charge in [0.1, 0.15) is 6.33 Å². The number of aromatic nitrogens is 2. The van der Waals surface area contributed by atoms with E-state index in [9.17, 15) is 0 Å². The lowest BCUT2D eigenvalue weighted by Gasteiger charge is -2.07. The van der Waals surface area contributed by atoms with Crippen molar-refractivity contribution in [3.63, 3.8) is 0 Å². The molecule has 0 amide bonds. The van der Waals surface area contributed by atoms with E-state index in [2.05, 4.69) is 59.8 Å². The third kappa shape index (κ3) is 2.21. The number of nitrogens with zero attached hydrogens (tertiary/aromatic N) is 2. The van der Waals surface area contributed by atoms with Gasteiger partial charge in [-0.2, -0.15) is 0 Å². The van der Waals surface area contributed by atoms with Crippen LogP contribution >= 0.6 is 0 Å². The summed E-state index contributed by atoms with van der Waals surface area (Å²) in [7, 11) is 0. The predicted molar refractivity (Wildman–Crippen MR) is 83.3 cm³/mol. The quantitative estimate of drug-likeness (QED) is 0.790. The van der Waals surface area contributed by atoms with Gasteiger partial charge < -0.3 is 5.73 Å². The van der Waals surface area contributed by atoms with Crippen molar-refractivity contribution in [2.45, 2.75) is 20.3 Å². The number of aryl methyl sites for hydroxylation is 2. The molecule has 102 valence electrons. The van der Waals surface area contributed by atoms with Gasteiger partial charge in [0.15, 0.2) is 0 Å². The van der Waals surface area contributed by atoms with Gasteiger partial charge >= 0.3 is 0 Å². The molecule has 3 aromatic rings. The summed E-state index contributed by atoms with van der Waals surface area (Å²) in [5.41, 5.74) is 12.8. The number of imidazole rings is 1. The fraction of sp³-hybridized carbons (Fsp3) is 0.235. The summed E-state index contributed by atoms with van der Waals surface area (Å²) in [6, 6.07) is 12.9. The Morgan fingerprint density at radius 3 is 2.45 bits per heavy atom. The van der Waals surface area contributed by atoms with Crippen molar-refractivity contribution in [2.24, 2.45) is 5.73 Å². The van der Waals surface area contributed by atoms with Crippen LogP contribution in [-0.4, -0.2) is 16.1 Å². The van der Waals surface area contributed by atoms with Gasteiger partial charge in [0, 0.05) is 5.69 Å². The minimum Gasteiger partial charge on any atom is -0.330 e. The van der Waals surface area contributed by atoms with E-state index in [4.69, 9.17) is 5.73 Å². The lowest BCUT2D eigenvalue weighted by Crippen LogP contribution is -2.02. The number of fused-ring (bicyclic) bond motifs is 1. The Bertz CT molecular complexity index is 739. The molecule has 20 heavy (non-hydrogen) atoms. The van der Waals surface area contributed by atoms with Crippen molar-refractivity contribution >= 4 is 11.0 Å². The Morgan fingerprint density at radius 1 is 1.05 bits per heavy atom. The average Bonchev–Trinajstić information content (AvgIpc) is 2.83. The van der Waals surface area contributed by atoms with Gasteiger partial charge in [-0.05, 0) is 67.8 Å². The van der Waals surface area contributed by atoms with Crippen molar-refractivity contribution in [1.82, 2.24) is 9.55 Å². The molecule has 1 heterocycles. The Morgan fingerprint density at radius 2 is 1.75 bits per heavy atom. The zero-order chi connectivity index (χ0) is 14.1. The van der Waals surface area contributed by atoms with Crippen LogP contribution in [0.2, 0.25) is 0 Å². The van der Waals surface area contributed by atoms with Gasteiger partial charge in [-0.15, -0.1) is 0 Å². The number of hydrogen-bond acceptors (Lipinski definition) is 2. The Balaban J connectivity index is 2.07. The van der Waals surface area contributed by atoms with Crippen molar-refractivity contribution in [3.8, 4) is 5.69 Å². The highest BCUT2D eigenvalue weighted by Gasteiger charge is 2.06. The van der Waals surface area contributed by atoms with Crippen LogP contribution in [0.15, 0.2) is 42.7 Å². The molecule has 3 heteroatoms. The molecule has 0 radical (unpaired) electrons. The van der Waals surface area contributed by atoms with Crippen molar-refractivity contribution in [1.29, 1.82) is 0 Å². The fourth-order valence-electron chi connectivity index (χ4n) is 2.46. The summed E-state index contributed by atoms with van der Waals surface area (Å²) in [6.45, 7) is 4.94. The fourth-order valence-corrected chi connectivity index (χ4v) is 2.46. The smallest absolute Gasteiger partial charge is 0.100 e. The first-order valence-corrected chi connectivity index (χ1v) is 6.93. The highest BCUT2D eigenvalue weighted by Crippen LogP contribution is 2.22. The van der Waals surface area contributed by atoms with Gasteiger partial charge in [-0.3, -0.25) is 4.57 Å². The topological polar surface area (TPSA) is 43.8 Å². The second-order valence-electron chi connectivity index (χ2n) is 5.24. The standard InChI is InChI=1S/C17H19N3/c1-12-9-16-17(10-13(12)2)20(11-19-16)15-5-3-14(4-6-15)7-8-18/h3-6,9-11H,7-8,18H2,1-2H3. The number of rotatable bonds is 3. The third-order valence-electron chi connectivity index (χ3n) is 3.81. The maximum atomic E-state index is 5.58. The van der Waals surface area contributed by atoms with Crippen LogP contribution in [-0.2, 0) is 6.42 Å². The molecular formula is C17H19N3. The minimum atomic E-state index is 0.686. The van der Waals surface area contributed by atoms with Crippen LogP contribution < -0.4 is 5.73 Å². The molecule has 0 aliphatic carbocycles. The highest BCUT2D eigenvalue weighted by atomic mass is 15.0. The van der Waals surface area contributed by atoms with E-state index < -0.39 is 0 Å². The first kappa shape index (κ1) is 12.9. The van der Waals surface area contributed by atoms with Crippen LogP contribution in [0.5, 0.6) is 0 Å². The first-order chi connectivity index (χ1) is 9.69. The molecular weight excluding hydrogens is 246 g/mol. The first-order valence-electron chi connectivity index (χ1n) is 6.93. The van der Waals surface area contributed by atoms with E-state index in [-0.39, 0.29) is 0 Å². The van der Waals surface area contributed by atoms with Gasteiger partial charge in [-0.25, -0.2) is 4.98 Å². The van der Waals surface area contributed by atoms with Gasteiger partial charge in [0.25, 0.3) is 0 Å². The molecule has 3 rings (SSSR count). The van der Waals surface area contributed by atoms with E-state index in [1.54, 1.807) is 0 Å². The summed E-state index contributed by atoms with van der Waals surface area (Å²) < 4.78 is 2.13. The van der Waals surface area contributed by atoms with Crippen LogP contribution in [0.3, 0.4) is 0 Å². The maximum Gasteiger partial charge on any atom is 0.100 e. The maximum absolute atomic E-state index is 5.58. The van der Waals surface area contributed by atoms with Crippen LogP contribution in [0.25, 0.3) is 16.7 Å². The summed E-state index contributed by atoms with van der Waals surface area (Å²) >= 11 is 0. The summed E-state index contributed by atoms with van der Waals surface area (Å²) in [5, 5.41) is 0.